The zero-order valence-electron chi connectivity index (χ0n) is 15.8. The van der Waals surface area contributed by atoms with E-state index in [9.17, 15) is 9.90 Å². The van der Waals surface area contributed by atoms with Crippen molar-refractivity contribution in [2.24, 2.45) is 5.10 Å². The molecule has 1 unspecified atom stereocenters. The number of aromatic hydroxyl groups is 1. The summed E-state index contributed by atoms with van der Waals surface area (Å²) in [5.74, 6) is 0.180. The molecule has 0 heterocycles. The van der Waals surface area contributed by atoms with Crippen molar-refractivity contribution >= 4 is 28.6 Å². The number of carbonyl (C=O) groups is 1. The van der Waals surface area contributed by atoms with Crippen LogP contribution in [0.2, 0.25) is 0 Å². The zero-order valence-corrected chi connectivity index (χ0v) is 15.8. The number of anilines is 1. The number of hydrogen-bond donors (Lipinski definition) is 3. The summed E-state index contributed by atoms with van der Waals surface area (Å²) in [6.45, 7) is 4.08. The van der Waals surface area contributed by atoms with Crippen LogP contribution in [0.15, 0.2) is 65.8 Å². The second-order valence-electron chi connectivity index (χ2n) is 6.32. The lowest BCUT2D eigenvalue weighted by Gasteiger charge is -2.14. The monoisotopic (exact) mass is 377 g/mol. The lowest BCUT2D eigenvalue weighted by molar-refractivity contribution is -0.121. The van der Waals surface area contributed by atoms with E-state index in [2.05, 4.69) is 15.8 Å². The molecule has 28 heavy (non-hydrogen) atoms. The van der Waals surface area contributed by atoms with Crippen molar-refractivity contribution in [2.75, 3.05) is 11.9 Å². The van der Waals surface area contributed by atoms with E-state index < -0.39 is 6.04 Å². The molecule has 0 aliphatic rings. The van der Waals surface area contributed by atoms with E-state index in [4.69, 9.17) is 4.74 Å². The van der Waals surface area contributed by atoms with Crippen molar-refractivity contribution in [1.82, 2.24) is 5.43 Å². The van der Waals surface area contributed by atoms with Gasteiger partial charge < -0.3 is 15.2 Å². The molecule has 1 atom stereocenters. The van der Waals surface area contributed by atoms with Gasteiger partial charge in [0.05, 0.1) is 12.8 Å². The third-order valence-corrected chi connectivity index (χ3v) is 4.20. The van der Waals surface area contributed by atoms with Crippen molar-refractivity contribution < 1.29 is 14.6 Å². The Balaban J connectivity index is 1.57. The molecule has 1 amide bonds. The van der Waals surface area contributed by atoms with Crippen LogP contribution in [-0.2, 0) is 4.79 Å². The average Bonchev–Trinajstić information content (AvgIpc) is 2.70. The Bertz CT molecular complexity index is 1000. The van der Waals surface area contributed by atoms with Crippen LogP contribution in [0, 0.1) is 0 Å². The minimum absolute atomic E-state index is 0.0310. The normalized spacial score (nSPS) is 12.1. The van der Waals surface area contributed by atoms with Crippen molar-refractivity contribution in [2.45, 2.75) is 19.9 Å². The summed E-state index contributed by atoms with van der Waals surface area (Å²) in [5, 5.41) is 19.3. The Hall–Kier alpha value is -3.54. The lowest BCUT2D eigenvalue weighted by Crippen LogP contribution is -2.34. The number of benzene rings is 3. The summed E-state index contributed by atoms with van der Waals surface area (Å²) in [6, 6.07) is 18.5. The van der Waals surface area contributed by atoms with Gasteiger partial charge in [-0.05, 0) is 60.5 Å². The van der Waals surface area contributed by atoms with E-state index in [1.165, 1.54) is 12.3 Å². The maximum absolute atomic E-state index is 12.3. The van der Waals surface area contributed by atoms with Crippen LogP contribution < -0.4 is 15.5 Å². The smallest absolute Gasteiger partial charge is 0.262 e. The fourth-order valence-corrected chi connectivity index (χ4v) is 2.75. The van der Waals surface area contributed by atoms with Gasteiger partial charge >= 0.3 is 0 Å². The molecule has 6 heteroatoms. The number of carbonyl (C=O) groups excluding carboxylic acids is 1. The zero-order chi connectivity index (χ0) is 19.9. The quantitative estimate of drug-likeness (QED) is 0.431. The van der Waals surface area contributed by atoms with Crippen molar-refractivity contribution in [3.8, 4) is 11.5 Å². The summed E-state index contributed by atoms with van der Waals surface area (Å²) < 4.78 is 5.28. The minimum atomic E-state index is -0.466. The highest BCUT2D eigenvalue weighted by atomic mass is 16.5. The number of fused-ring (bicyclic) bond motifs is 1. The van der Waals surface area contributed by atoms with Crippen molar-refractivity contribution in [3.05, 3.63) is 66.2 Å². The molecular formula is C22H23N3O3. The van der Waals surface area contributed by atoms with E-state index in [1.54, 1.807) is 19.1 Å². The van der Waals surface area contributed by atoms with E-state index in [0.29, 0.717) is 17.9 Å². The van der Waals surface area contributed by atoms with Gasteiger partial charge in [0.15, 0.2) is 11.5 Å². The molecule has 3 aromatic carbocycles. The van der Waals surface area contributed by atoms with Gasteiger partial charge in [-0.3, -0.25) is 4.79 Å². The fourth-order valence-electron chi connectivity index (χ4n) is 2.75. The molecular weight excluding hydrogens is 354 g/mol. The van der Waals surface area contributed by atoms with Crippen molar-refractivity contribution in [3.63, 3.8) is 0 Å². The van der Waals surface area contributed by atoms with Gasteiger partial charge in [0, 0.05) is 5.69 Å². The molecule has 0 bridgehead atoms. The first-order valence-electron chi connectivity index (χ1n) is 9.11. The Morgan fingerprint density at radius 3 is 2.68 bits per heavy atom. The molecule has 3 N–H and O–H groups in total. The summed E-state index contributed by atoms with van der Waals surface area (Å²) >= 11 is 0. The van der Waals surface area contributed by atoms with Crippen LogP contribution in [0.3, 0.4) is 0 Å². The molecule has 0 aromatic heterocycles. The second kappa shape index (κ2) is 8.90. The van der Waals surface area contributed by atoms with Crippen LogP contribution in [0.25, 0.3) is 10.8 Å². The van der Waals surface area contributed by atoms with E-state index in [1.807, 2.05) is 49.4 Å². The lowest BCUT2D eigenvalue weighted by atomic mass is 10.1. The minimum Gasteiger partial charge on any atom is -0.504 e. The topological polar surface area (TPSA) is 83.0 Å². The van der Waals surface area contributed by atoms with Crippen LogP contribution in [-0.4, -0.2) is 29.9 Å². The first-order valence-corrected chi connectivity index (χ1v) is 9.11. The maximum Gasteiger partial charge on any atom is 0.262 e. The van der Waals surface area contributed by atoms with Crippen LogP contribution in [0.1, 0.15) is 19.4 Å². The van der Waals surface area contributed by atoms with Gasteiger partial charge in [-0.1, -0.05) is 30.3 Å². The maximum atomic E-state index is 12.3. The molecule has 144 valence electrons. The summed E-state index contributed by atoms with van der Waals surface area (Å²) in [7, 11) is 0. The Kier molecular flexibility index (Phi) is 6.11. The molecule has 3 aromatic rings. The Labute approximate surface area is 163 Å². The predicted octanol–water partition coefficient (Wildman–Crippen LogP) is 3.89. The number of rotatable bonds is 7. The molecule has 3 rings (SSSR count). The van der Waals surface area contributed by atoms with Gasteiger partial charge in [0.25, 0.3) is 5.91 Å². The van der Waals surface area contributed by atoms with Gasteiger partial charge in [-0.2, -0.15) is 5.10 Å². The molecule has 0 saturated carbocycles. The fraction of sp³-hybridized carbons (Fsp3) is 0.182. The first-order chi connectivity index (χ1) is 13.6. The molecule has 0 aliphatic heterocycles. The summed E-state index contributed by atoms with van der Waals surface area (Å²) in [4.78, 5) is 12.3. The third kappa shape index (κ3) is 4.79. The van der Waals surface area contributed by atoms with Gasteiger partial charge in [0.2, 0.25) is 0 Å². The summed E-state index contributed by atoms with van der Waals surface area (Å²) in [6.07, 6.45) is 1.47. The molecule has 0 radical (unpaired) electrons. The van der Waals surface area contributed by atoms with Gasteiger partial charge in [0.1, 0.15) is 6.04 Å². The van der Waals surface area contributed by atoms with Crippen LogP contribution in [0.4, 0.5) is 5.69 Å². The van der Waals surface area contributed by atoms with E-state index >= 15 is 0 Å². The van der Waals surface area contributed by atoms with Gasteiger partial charge in [-0.15, -0.1) is 0 Å². The highest BCUT2D eigenvalue weighted by molar-refractivity contribution is 5.89. The largest absolute Gasteiger partial charge is 0.504 e. The predicted molar refractivity (Wildman–Crippen MR) is 112 cm³/mol. The van der Waals surface area contributed by atoms with Gasteiger partial charge in [-0.25, -0.2) is 5.43 Å². The summed E-state index contributed by atoms with van der Waals surface area (Å²) in [5.41, 5.74) is 4.01. The molecule has 6 nitrogen and oxygen atoms in total. The number of ether oxygens (including phenoxy) is 1. The van der Waals surface area contributed by atoms with E-state index in [-0.39, 0.29) is 11.7 Å². The van der Waals surface area contributed by atoms with E-state index in [0.717, 1.165) is 16.5 Å². The first kappa shape index (κ1) is 19.2. The number of amides is 1. The number of phenols is 1. The molecule has 0 fully saturated rings. The SMILES string of the molecule is CCOc1ccc(C=NNC(=O)C(C)Nc2ccc3ccccc3c2)cc1O. The van der Waals surface area contributed by atoms with Crippen molar-refractivity contribution in [1.29, 1.82) is 0 Å². The number of phenolic OH excluding ortho intramolecular Hbond substituents is 1. The van der Waals surface area contributed by atoms with Crippen LogP contribution in [0.5, 0.6) is 11.5 Å². The number of hydrazone groups is 1. The Morgan fingerprint density at radius 1 is 1.14 bits per heavy atom. The number of nitrogens with zero attached hydrogens (tertiary/aromatic N) is 1. The third-order valence-electron chi connectivity index (χ3n) is 4.20. The molecule has 0 spiro atoms. The van der Waals surface area contributed by atoms with Crippen LogP contribution >= 0.6 is 0 Å². The highest BCUT2D eigenvalue weighted by Crippen LogP contribution is 2.26. The molecule has 0 saturated heterocycles. The number of hydrogen-bond acceptors (Lipinski definition) is 5. The Morgan fingerprint density at radius 2 is 1.93 bits per heavy atom. The highest BCUT2D eigenvalue weighted by Gasteiger charge is 2.12. The second-order valence-corrected chi connectivity index (χ2v) is 6.32. The standard InChI is InChI=1S/C22H23N3O3/c1-3-28-21-11-8-16(12-20(21)26)14-23-25-22(27)15(2)24-19-10-9-17-6-4-5-7-18(17)13-19/h4-15,24,26H,3H2,1-2H3,(H,25,27). The molecule has 0 aliphatic carbocycles. The average molecular weight is 377 g/mol. The number of nitrogens with one attached hydrogen (secondary N) is 2.